The Morgan fingerprint density at radius 1 is 1.56 bits per heavy atom. The lowest BCUT2D eigenvalue weighted by Crippen LogP contribution is -2.43. The Morgan fingerprint density at radius 3 is 2.67 bits per heavy atom. The molecule has 0 saturated heterocycles. The molecule has 1 amide bonds. The molecular formula is C12H17NO4S. The summed E-state index contributed by atoms with van der Waals surface area (Å²) >= 11 is 0. The Labute approximate surface area is 107 Å². The third-order valence-electron chi connectivity index (χ3n) is 2.96. The fourth-order valence-corrected chi connectivity index (χ4v) is 3.17. The maximum Gasteiger partial charge on any atom is 0.257 e. The van der Waals surface area contributed by atoms with E-state index in [4.69, 9.17) is 4.42 Å². The van der Waals surface area contributed by atoms with E-state index in [-0.39, 0.29) is 23.7 Å². The van der Waals surface area contributed by atoms with E-state index in [9.17, 15) is 13.2 Å². The summed E-state index contributed by atoms with van der Waals surface area (Å²) in [7, 11) is -3.09. The Kier molecular flexibility index (Phi) is 3.47. The van der Waals surface area contributed by atoms with E-state index in [1.807, 2.05) is 0 Å². The number of furan rings is 1. The number of rotatable bonds is 5. The van der Waals surface area contributed by atoms with Crippen LogP contribution in [0.3, 0.4) is 0 Å². The number of carbonyl (C=O) groups is 1. The largest absolute Gasteiger partial charge is 0.472 e. The summed E-state index contributed by atoms with van der Waals surface area (Å²) in [6.45, 7) is 1.78. The summed E-state index contributed by atoms with van der Waals surface area (Å²) < 4.78 is 27.6. The van der Waals surface area contributed by atoms with E-state index < -0.39 is 9.84 Å². The maximum absolute atomic E-state index is 12.3. The van der Waals surface area contributed by atoms with Crippen LogP contribution in [0.1, 0.15) is 30.1 Å². The van der Waals surface area contributed by atoms with Crippen molar-refractivity contribution in [2.75, 3.05) is 12.0 Å². The molecule has 0 radical (unpaired) electrons. The minimum atomic E-state index is -3.09. The van der Waals surface area contributed by atoms with Gasteiger partial charge < -0.3 is 9.32 Å². The molecule has 18 heavy (non-hydrogen) atoms. The van der Waals surface area contributed by atoms with E-state index in [2.05, 4.69) is 0 Å². The SMILES string of the molecule is C[C@@H](CS(C)(=O)=O)N(C(=O)c1ccoc1)C1CC1. The number of amides is 1. The van der Waals surface area contributed by atoms with E-state index in [1.165, 1.54) is 18.8 Å². The molecule has 0 unspecified atom stereocenters. The Bertz CT molecular complexity index is 516. The van der Waals surface area contributed by atoms with E-state index in [1.54, 1.807) is 17.9 Å². The number of nitrogens with zero attached hydrogens (tertiary/aromatic N) is 1. The lowest BCUT2D eigenvalue weighted by atomic mass is 10.2. The van der Waals surface area contributed by atoms with Gasteiger partial charge in [0, 0.05) is 18.3 Å². The van der Waals surface area contributed by atoms with Gasteiger partial charge in [0.25, 0.3) is 5.91 Å². The molecular weight excluding hydrogens is 254 g/mol. The van der Waals surface area contributed by atoms with Crippen molar-refractivity contribution in [3.8, 4) is 0 Å². The van der Waals surface area contributed by atoms with Gasteiger partial charge in [0.15, 0.2) is 0 Å². The monoisotopic (exact) mass is 271 g/mol. The van der Waals surface area contributed by atoms with Crippen LogP contribution in [0.4, 0.5) is 0 Å². The topological polar surface area (TPSA) is 67.6 Å². The first kappa shape index (κ1) is 13.1. The Hall–Kier alpha value is -1.30. The fraction of sp³-hybridized carbons (Fsp3) is 0.583. The first-order valence-corrected chi connectivity index (χ1v) is 7.97. The van der Waals surface area contributed by atoms with Gasteiger partial charge in [0.2, 0.25) is 0 Å². The minimum Gasteiger partial charge on any atom is -0.472 e. The molecule has 100 valence electrons. The Balaban J connectivity index is 2.16. The zero-order valence-electron chi connectivity index (χ0n) is 10.5. The van der Waals surface area contributed by atoms with Crippen LogP contribution >= 0.6 is 0 Å². The van der Waals surface area contributed by atoms with Crippen LogP contribution < -0.4 is 0 Å². The highest BCUT2D eigenvalue weighted by Gasteiger charge is 2.37. The average Bonchev–Trinajstić information content (AvgIpc) is 2.91. The van der Waals surface area contributed by atoms with Crippen LogP contribution in [0.2, 0.25) is 0 Å². The van der Waals surface area contributed by atoms with Crippen LogP contribution in [0.15, 0.2) is 23.0 Å². The van der Waals surface area contributed by atoms with Gasteiger partial charge in [0.05, 0.1) is 17.6 Å². The molecule has 1 aliphatic rings. The van der Waals surface area contributed by atoms with Gasteiger partial charge in [-0.15, -0.1) is 0 Å². The zero-order chi connectivity index (χ0) is 13.3. The van der Waals surface area contributed by atoms with Crippen LogP contribution in [0.25, 0.3) is 0 Å². The van der Waals surface area contributed by atoms with Gasteiger partial charge in [-0.25, -0.2) is 8.42 Å². The quantitative estimate of drug-likeness (QED) is 0.810. The highest BCUT2D eigenvalue weighted by molar-refractivity contribution is 7.90. The fourth-order valence-electron chi connectivity index (χ4n) is 2.13. The molecule has 1 aliphatic carbocycles. The average molecular weight is 271 g/mol. The molecule has 1 saturated carbocycles. The van der Waals surface area contributed by atoms with Crippen molar-refractivity contribution in [3.05, 3.63) is 24.2 Å². The molecule has 0 N–H and O–H groups in total. The Morgan fingerprint density at radius 2 is 2.22 bits per heavy atom. The normalized spacial score (nSPS) is 17.4. The second kappa shape index (κ2) is 4.76. The number of sulfone groups is 1. The number of hydrogen-bond donors (Lipinski definition) is 0. The summed E-state index contributed by atoms with van der Waals surface area (Å²) in [5.41, 5.74) is 0.474. The van der Waals surface area contributed by atoms with Crippen LogP contribution in [0, 0.1) is 0 Å². The highest BCUT2D eigenvalue weighted by Crippen LogP contribution is 2.30. The van der Waals surface area contributed by atoms with Crippen LogP contribution in [0.5, 0.6) is 0 Å². The van der Waals surface area contributed by atoms with Crippen molar-refractivity contribution in [3.63, 3.8) is 0 Å². The summed E-state index contributed by atoms with van der Waals surface area (Å²) in [6.07, 6.45) is 5.91. The van der Waals surface area contributed by atoms with Crippen molar-refractivity contribution in [1.82, 2.24) is 4.90 Å². The standard InChI is InChI=1S/C12H17NO4S/c1-9(8-18(2,15)16)13(11-3-4-11)12(14)10-5-6-17-7-10/h5-7,9,11H,3-4,8H2,1-2H3/t9-/m0/s1. The predicted octanol–water partition coefficient (Wildman–Crippen LogP) is 1.32. The lowest BCUT2D eigenvalue weighted by molar-refractivity contribution is 0.0692. The number of hydrogen-bond acceptors (Lipinski definition) is 4. The molecule has 0 aromatic carbocycles. The van der Waals surface area contributed by atoms with Gasteiger partial charge in [-0.2, -0.15) is 0 Å². The molecule has 5 nitrogen and oxygen atoms in total. The third-order valence-corrected chi connectivity index (χ3v) is 4.05. The molecule has 1 aromatic rings. The van der Waals surface area contributed by atoms with E-state index >= 15 is 0 Å². The van der Waals surface area contributed by atoms with Gasteiger partial charge in [0.1, 0.15) is 16.1 Å². The third kappa shape index (κ3) is 3.13. The second-order valence-electron chi connectivity index (χ2n) is 4.90. The van der Waals surface area contributed by atoms with Gasteiger partial charge in [-0.1, -0.05) is 0 Å². The lowest BCUT2D eigenvalue weighted by Gasteiger charge is -2.28. The molecule has 0 aliphatic heterocycles. The van der Waals surface area contributed by atoms with Gasteiger partial charge in [-0.3, -0.25) is 4.79 Å². The minimum absolute atomic E-state index is 0.00685. The van der Waals surface area contributed by atoms with Crippen LogP contribution in [-0.4, -0.2) is 43.3 Å². The van der Waals surface area contributed by atoms with Gasteiger partial charge in [-0.05, 0) is 25.8 Å². The van der Waals surface area contributed by atoms with Crippen molar-refractivity contribution >= 4 is 15.7 Å². The highest BCUT2D eigenvalue weighted by atomic mass is 32.2. The summed E-state index contributed by atoms with van der Waals surface area (Å²) in [5, 5.41) is 0. The van der Waals surface area contributed by atoms with Crippen molar-refractivity contribution in [2.45, 2.75) is 31.8 Å². The van der Waals surface area contributed by atoms with Crippen LogP contribution in [-0.2, 0) is 9.84 Å². The molecule has 1 atom stereocenters. The molecule has 1 fully saturated rings. The first-order valence-electron chi connectivity index (χ1n) is 5.91. The summed E-state index contributed by atoms with van der Waals surface area (Å²) in [5.74, 6) is -0.157. The molecule has 0 spiro atoms. The zero-order valence-corrected chi connectivity index (χ0v) is 11.3. The molecule has 1 heterocycles. The molecule has 6 heteroatoms. The van der Waals surface area contributed by atoms with Crippen molar-refractivity contribution in [2.24, 2.45) is 0 Å². The van der Waals surface area contributed by atoms with E-state index in [0.29, 0.717) is 5.56 Å². The molecule has 1 aromatic heterocycles. The second-order valence-corrected chi connectivity index (χ2v) is 7.08. The van der Waals surface area contributed by atoms with E-state index in [0.717, 1.165) is 12.8 Å². The first-order chi connectivity index (χ1) is 8.38. The maximum atomic E-state index is 12.3. The smallest absolute Gasteiger partial charge is 0.257 e. The molecule has 0 bridgehead atoms. The summed E-state index contributed by atoms with van der Waals surface area (Å²) in [4.78, 5) is 14.0. The predicted molar refractivity (Wildman–Crippen MR) is 67.1 cm³/mol. The number of carbonyl (C=O) groups excluding carboxylic acids is 1. The van der Waals surface area contributed by atoms with Gasteiger partial charge >= 0.3 is 0 Å². The van der Waals surface area contributed by atoms with Crippen molar-refractivity contribution < 1.29 is 17.6 Å². The summed E-state index contributed by atoms with van der Waals surface area (Å²) in [6, 6.07) is 1.46. The van der Waals surface area contributed by atoms with Crippen molar-refractivity contribution in [1.29, 1.82) is 0 Å². The molecule has 2 rings (SSSR count).